The average molecular weight is 595 g/mol. The Labute approximate surface area is 252 Å². The highest BCUT2D eigenvalue weighted by atomic mass is 16.6. The van der Waals surface area contributed by atoms with Crippen LogP contribution in [0.25, 0.3) is 0 Å². The lowest BCUT2D eigenvalue weighted by Crippen LogP contribution is -2.50. The van der Waals surface area contributed by atoms with Gasteiger partial charge < -0.3 is 34.4 Å². The van der Waals surface area contributed by atoms with E-state index in [2.05, 4.69) is 16.5 Å². The molecular formula is C31H42N6O6. The maximum Gasteiger partial charge on any atom is 0.410 e. The summed E-state index contributed by atoms with van der Waals surface area (Å²) in [5, 5.41) is 26.7. The Bertz CT molecular complexity index is 1340. The van der Waals surface area contributed by atoms with Crippen molar-refractivity contribution in [1.29, 1.82) is 5.26 Å². The summed E-state index contributed by atoms with van der Waals surface area (Å²) in [5.74, 6) is -0.585. The molecule has 1 aromatic heterocycles. The summed E-state index contributed by atoms with van der Waals surface area (Å²) in [5.41, 5.74) is 0.781. The quantitative estimate of drug-likeness (QED) is 0.492. The molecule has 12 nitrogen and oxygen atoms in total. The SMILES string of the molecule is CC(C)[C@@H](C(=O)N1C[C@H](O)C[C@H]1C(=O)N[C@@H](C)c1ccc(C#N)cc1)c1cc(N2CCN(C(=O)OC(C)(C)C)CC2)no1. The van der Waals surface area contributed by atoms with E-state index < -0.39 is 23.7 Å². The molecule has 3 heterocycles. The number of carbonyl (C=O) groups excluding carboxylic acids is 3. The van der Waals surface area contributed by atoms with Gasteiger partial charge in [-0.15, -0.1) is 0 Å². The van der Waals surface area contributed by atoms with Gasteiger partial charge in [0.2, 0.25) is 11.8 Å². The van der Waals surface area contributed by atoms with Gasteiger partial charge in [0.25, 0.3) is 0 Å². The summed E-state index contributed by atoms with van der Waals surface area (Å²) in [6, 6.07) is 9.56. The Hall–Kier alpha value is -4.11. The minimum absolute atomic E-state index is 0.0407. The Morgan fingerprint density at radius 3 is 2.35 bits per heavy atom. The third-order valence-corrected chi connectivity index (χ3v) is 7.77. The van der Waals surface area contributed by atoms with Crippen molar-refractivity contribution in [2.45, 2.75) is 77.7 Å². The molecule has 2 fully saturated rings. The van der Waals surface area contributed by atoms with Crippen LogP contribution < -0.4 is 10.2 Å². The third-order valence-electron chi connectivity index (χ3n) is 7.77. The fraction of sp³-hybridized carbons (Fsp3) is 0.581. The van der Waals surface area contributed by atoms with E-state index in [4.69, 9.17) is 14.5 Å². The number of aliphatic hydroxyl groups excluding tert-OH is 1. The van der Waals surface area contributed by atoms with Crippen LogP contribution >= 0.6 is 0 Å². The van der Waals surface area contributed by atoms with Crippen molar-refractivity contribution in [2.75, 3.05) is 37.6 Å². The number of piperazine rings is 1. The fourth-order valence-electron chi connectivity index (χ4n) is 5.48. The highest BCUT2D eigenvalue weighted by Crippen LogP contribution is 2.33. The number of aromatic nitrogens is 1. The number of nitrogens with one attached hydrogen (secondary N) is 1. The number of benzene rings is 1. The standard InChI is InChI=1S/C31H42N6O6/c1-19(2)27(25-16-26(34-43-25)35-11-13-36(14-12-35)30(41)42-31(4,5)6)29(40)37-18-23(38)15-24(37)28(39)33-20(3)22-9-7-21(17-32)8-10-22/h7-10,16,19-20,23-24,27,38H,11-15,18H2,1-6H3,(H,33,39)/t20-,23+,24-,27+/m0/s1. The Morgan fingerprint density at radius 2 is 1.77 bits per heavy atom. The van der Waals surface area contributed by atoms with Crippen LogP contribution in [0.15, 0.2) is 34.9 Å². The minimum Gasteiger partial charge on any atom is -0.444 e. The van der Waals surface area contributed by atoms with Gasteiger partial charge in [0, 0.05) is 45.2 Å². The molecule has 2 aliphatic heterocycles. The van der Waals surface area contributed by atoms with Crippen molar-refractivity contribution in [3.63, 3.8) is 0 Å². The van der Waals surface area contributed by atoms with E-state index in [1.807, 2.05) is 46.4 Å². The van der Waals surface area contributed by atoms with Gasteiger partial charge >= 0.3 is 6.09 Å². The summed E-state index contributed by atoms with van der Waals surface area (Å²) in [6.45, 7) is 13.2. The molecule has 232 valence electrons. The molecule has 2 saturated heterocycles. The Kier molecular flexibility index (Phi) is 9.65. The predicted molar refractivity (Wildman–Crippen MR) is 158 cm³/mol. The average Bonchev–Trinajstić information content (AvgIpc) is 3.59. The Morgan fingerprint density at radius 1 is 1.12 bits per heavy atom. The van der Waals surface area contributed by atoms with Crippen molar-refractivity contribution in [2.24, 2.45) is 5.92 Å². The molecule has 0 radical (unpaired) electrons. The van der Waals surface area contributed by atoms with E-state index in [1.165, 1.54) is 4.90 Å². The van der Waals surface area contributed by atoms with E-state index in [0.717, 1.165) is 5.56 Å². The largest absolute Gasteiger partial charge is 0.444 e. The van der Waals surface area contributed by atoms with Gasteiger partial charge in [0.15, 0.2) is 11.6 Å². The molecule has 3 amide bonds. The van der Waals surface area contributed by atoms with Gasteiger partial charge in [-0.2, -0.15) is 5.26 Å². The summed E-state index contributed by atoms with van der Waals surface area (Å²) in [6.07, 6.45) is -1.05. The predicted octanol–water partition coefficient (Wildman–Crippen LogP) is 3.18. The monoisotopic (exact) mass is 594 g/mol. The molecule has 0 unspecified atom stereocenters. The van der Waals surface area contributed by atoms with E-state index in [-0.39, 0.29) is 42.8 Å². The molecule has 1 aromatic carbocycles. The number of nitrogens with zero attached hydrogens (tertiary/aromatic N) is 5. The van der Waals surface area contributed by atoms with Crippen LogP contribution in [0.4, 0.5) is 10.6 Å². The molecule has 43 heavy (non-hydrogen) atoms. The topological polar surface area (TPSA) is 152 Å². The molecular weight excluding hydrogens is 552 g/mol. The number of carbonyl (C=O) groups is 3. The first-order valence-electron chi connectivity index (χ1n) is 14.8. The second kappa shape index (κ2) is 13.0. The van der Waals surface area contributed by atoms with E-state index in [1.54, 1.807) is 35.2 Å². The number of amides is 3. The van der Waals surface area contributed by atoms with E-state index in [0.29, 0.717) is 43.3 Å². The number of aliphatic hydroxyl groups is 1. The molecule has 0 aliphatic carbocycles. The van der Waals surface area contributed by atoms with Crippen LogP contribution in [-0.4, -0.2) is 88.4 Å². The van der Waals surface area contributed by atoms with Crippen molar-refractivity contribution in [3.8, 4) is 6.07 Å². The van der Waals surface area contributed by atoms with Crippen LogP contribution in [-0.2, 0) is 14.3 Å². The molecule has 2 N–H and O–H groups in total. The number of anilines is 1. The number of β-amino-alcohol motifs (C(OH)–C–C–N with tert-alkyl or cyclic N) is 1. The second-order valence-corrected chi connectivity index (χ2v) is 12.6. The number of likely N-dealkylation sites (tertiary alicyclic amines) is 1. The molecule has 0 bridgehead atoms. The molecule has 2 aliphatic rings. The first-order valence-corrected chi connectivity index (χ1v) is 14.8. The normalized spacial score (nSPS) is 20.5. The maximum atomic E-state index is 13.9. The molecule has 0 spiro atoms. The van der Waals surface area contributed by atoms with Crippen molar-refractivity contribution >= 4 is 23.7 Å². The second-order valence-electron chi connectivity index (χ2n) is 12.6. The molecule has 2 aromatic rings. The smallest absolute Gasteiger partial charge is 0.410 e. The Balaban J connectivity index is 1.43. The van der Waals surface area contributed by atoms with E-state index in [9.17, 15) is 19.5 Å². The lowest BCUT2D eigenvalue weighted by Gasteiger charge is -2.35. The minimum atomic E-state index is -0.840. The molecule has 4 rings (SSSR count). The zero-order valence-corrected chi connectivity index (χ0v) is 25.7. The molecule has 4 atom stereocenters. The lowest BCUT2D eigenvalue weighted by molar-refractivity contribution is -0.141. The van der Waals surface area contributed by atoms with Crippen LogP contribution in [0, 0.1) is 17.2 Å². The summed E-state index contributed by atoms with van der Waals surface area (Å²) < 4.78 is 11.2. The number of nitriles is 1. The van der Waals surface area contributed by atoms with Crippen LogP contribution in [0.1, 0.15) is 76.8 Å². The molecule has 0 saturated carbocycles. The van der Waals surface area contributed by atoms with Gasteiger partial charge in [-0.05, 0) is 51.3 Å². The van der Waals surface area contributed by atoms with Gasteiger partial charge in [0.05, 0.1) is 23.8 Å². The summed E-state index contributed by atoms with van der Waals surface area (Å²) >= 11 is 0. The number of hydrogen-bond donors (Lipinski definition) is 2. The third kappa shape index (κ3) is 7.65. The van der Waals surface area contributed by atoms with Crippen molar-refractivity contribution < 1.29 is 28.8 Å². The van der Waals surface area contributed by atoms with Crippen molar-refractivity contribution in [3.05, 3.63) is 47.2 Å². The van der Waals surface area contributed by atoms with Crippen molar-refractivity contribution in [1.82, 2.24) is 20.3 Å². The van der Waals surface area contributed by atoms with E-state index >= 15 is 0 Å². The lowest BCUT2D eigenvalue weighted by atomic mass is 9.91. The zero-order valence-electron chi connectivity index (χ0n) is 25.7. The van der Waals surface area contributed by atoms with Crippen LogP contribution in [0.3, 0.4) is 0 Å². The highest BCUT2D eigenvalue weighted by molar-refractivity contribution is 5.91. The first kappa shape index (κ1) is 31.8. The van der Waals surface area contributed by atoms with Crippen LogP contribution in [0.2, 0.25) is 0 Å². The van der Waals surface area contributed by atoms with Crippen LogP contribution in [0.5, 0.6) is 0 Å². The molecule has 12 heteroatoms. The van der Waals surface area contributed by atoms with Gasteiger partial charge in [-0.1, -0.05) is 31.1 Å². The number of ether oxygens (including phenoxy) is 1. The van der Waals surface area contributed by atoms with Gasteiger partial charge in [-0.25, -0.2) is 4.79 Å². The van der Waals surface area contributed by atoms with Gasteiger partial charge in [0.1, 0.15) is 17.6 Å². The number of hydrogen-bond acceptors (Lipinski definition) is 9. The highest BCUT2D eigenvalue weighted by Gasteiger charge is 2.43. The zero-order chi connectivity index (χ0) is 31.5. The van der Waals surface area contributed by atoms with Gasteiger partial charge in [-0.3, -0.25) is 9.59 Å². The number of rotatable bonds is 7. The maximum absolute atomic E-state index is 13.9. The summed E-state index contributed by atoms with van der Waals surface area (Å²) in [4.78, 5) is 44.8. The first-order chi connectivity index (χ1) is 20.3. The summed E-state index contributed by atoms with van der Waals surface area (Å²) in [7, 11) is 0. The fourth-order valence-corrected chi connectivity index (χ4v) is 5.48.